The third-order valence-electron chi connectivity index (χ3n) is 3.90. The van der Waals surface area contributed by atoms with Crippen molar-refractivity contribution in [3.8, 4) is 5.75 Å². The van der Waals surface area contributed by atoms with Crippen LogP contribution in [0.3, 0.4) is 0 Å². The molecule has 0 heterocycles. The van der Waals surface area contributed by atoms with E-state index in [-0.39, 0.29) is 11.8 Å². The largest absolute Gasteiger partial charge is 0.495 e. The number of nitrogens with one attached hydrogen (secondary N) is 1. The number of rotatable bonds is 3. The van der Waals surface area contributed by atoms with E-state index >= 15 is 0 Å². The van der Waals surface area contributed by atoms with Gasteiger partial charge in [-0.2, -0.15) is 0 Å². The number of hydrogen-bond acceptors (Lipinski definition) is 3. The monoisotopic (exact) mass is 282 g/mol. The molecule has 0 aromatic heterocycles. The van der Waals surface area contributed by atoms with Gasteiger partial charge in [-0.15, -0.1) is 0 Å². The van der Waals surface area contributed by atoms with Crippen molar-refractivity contribution >= 4 is 17.3 Å². The lowest BCUT2D eigenvalue weighted by Crippen LogP contribution is -2.23. The maximum absolute atomic E-state index is 12.5. The van der Waals surface area contributed by atoms with Crippen LogP contribution in [-0.4, -0.2) is 13.0 Å². The van der Waals surface area contributed by atoms with Gasteiger partial charge in [0.2, 0.25) is 5.91 Å². The Balaban J connectivity index is 1.75. The molecule has 2 aromatic rings. The molecular weight excluding hydrogens is 264 g/mol. The summed E-state index contributed by atoms with van der Waals surface area (Å²) in [4.78, 5) is 12.5. The van der Waals surface area contributed by atoms with Gasteiger partial charge < -0.3 is 15.8 Å². The molecule has 1 amide bonds. The van der Waals surface area contributed by atoms with E-state index < -0.39 is 0 Å². The van der Waals surface area contributed by atoms with Gasteiger partial charge in [0.25, 0.3) is 0 Å². The van der Waals surface area contributed by atoms with Crippen molar-refractivity contribution in [3.63, 3.8) is 0 Å². The van der Waals surface area contributed by atoms with Gasteiger partial charge in [0, 0.05) is 11.6 Å². The number of fused-ring (bicyclic) bond motifs is 1. The Labute approximate surface area is 123 Å². The number of ether oxygens (including phenoxy) is 1. The van der Waals surface area contributed by atoms with Crippen molar-refractivity contribution in [3.05, 3.63) is 53.6 Å². The van der Waals surface area contributed by atoms with Gasteiger partial charge in [-0.3, -0.25) is 4.79 Å². The van der Waals surface area contributed by atoms with Crippen LogP contribution in [-0.2, 0) is 17.6 Å². The fourth-order valence-corrected chi connectivity index (χ4v) is 2.80. The van der Waals surface area contributed by atoms with Crippen LogP contribution in [0.2, 0.25) is 0 Å². The van der Waals surface area contributed by atoms with Gasteiger partial charge >= 0.3 is 0 Å². The van der Waals surface area contributed by atoms with Crippen LogP contribution in [0.25, 0.3) is 0 Å². The van der Waals surface area contributed by atoms with Gasteiger partial charge in [-0.1, -0.05) is 24.3 Å². The predicted molar refractivity (Wildman–Crippen MR) is 83.4 cm³/mol. The summed E-state index contributed by atoms with van der Waals surface area (Å²) in [5.41, 5.74) is 9.52. The number of benzene rings is 2. The van der Waals surface area contributed by atoms with Crippen LogP contribution < -0.4 is 15.8 Å². The van der Waals surface area contributed by atoms with E-state index in [0.29, 0.717) is 17.1 Å². The molecule has 1 aliphatic carbocycles. The fraction of sp³-hybridized carbons (Fsp3) is 0.235. The van der Waals surface area contributed by atoms with Crippen LogP contribution in [0.1, 0.15) is 11.1 Å². The average molecular weight is 282 g/mol. The molecule has 4 heteroatoms. The van der Waals surface area contributed by atoms with E-state index in [0.717, 1.165) is 12.8 Å². The quantitative estimate of drug-likeness (QED) is 0.851. The molecule has 0 spiro atoms. The Kier molecular flexibility index (Phi) is 3.52. The molecule has 0 saturated heterocycles. The smallest absolute Gasteiger partial charge is 0.228 e. The Hall–Kier alpha value is -2.49. The highest BCUT2D eigenvalue weighted by molar-refractivity contribution is 5.95. The second-order valence-electron chi connectivity index (χ2n) is 5.32. The number of nitrogen functional groups attached to an aromatic ring is 1. The average Bonchev–Trinajstić information content (AvgIpc) is 2.91. The zero-order valence-electron chi connectivity index (χ0n) is 11.9. The van der Waals surface area contributed by atoms with Crippen LogP contribution >= 0.6 is 0 Å². The Morgan fingerprint density at radius 3 is 2.48 bits per heavy atom. The minimum atomic E-state index is -0.0338. The van der Waals surface area contributed by atoms with Crippen LogP contribution in [0.5, 0.6) is 5.75 Å². The molecule has 3 N–H and O–H groups in total. The number of methoxy groups -OCH3 is 1. The molecule has 2 aromatic carbocycles. The molecule has 0 fully saturated rings. The molecule has 4 nitrogen and oxygen atoms in total. The number of carbonyl (C=O) groups is 1. The molecule has 21 heavy (non-hydrogen) atoms. The zero-order valence-corrected chi connectivity index (χ0v) is 11.9. The van der Waals surface area contributed by atoms with Crippen LogP contribution in [0.4, 0.5) is 11.4 Å². The third kappa shape index (κ3) is 2.70. The summed E-state index contributed by atoms with van der Waals surface area (Å²) in [6.45, 7) is 0. The van der Waals surface area contributed by atoms with Gasteiger partial charge in [-0.25, -0.2) is 0 Å². The van der Waals surface area contributed by atoms with Crippen molar-refractivity contribution < 1.29 is 9.53 Å². The summed E-state index contributed by atoms with van der Waals surface area (Å²) in [5, 5.41) is 2.94. The second kappa shape index (κ2) is 5.48. The first-order chi connectivity index (χ1) is 10.2. The normalized spacial score (nSPS) is 13.8. The predicted octanol–water partition coefficient (Wildman–Crippen LogP) is 2.63. The van der Waals surface area contributed by atoms with Crippen molar-refractivity contribution in [2.24, 2.45) is 5.92 Å². The zero-order chi connectivity index (χ0) is 14.8. The van der Waals surface area contributed by atoms with E-state index in [4.69, 9.17) is 10.5 Å². The summed E-state index contributed by atoms with van der Waals surface area (Å²) >= 11 is 0. The molecule has 0 aliphatic heterocycles. The van der Waals surface area contributed by atoms with E-state index in [1.165, 1.54) is 11.1 Å². The summed E-state index contributed by atoms with van der Waals surface area (Å²) in [6.07, 6.45) is 1.57. The van der Waals surface area contributed by atoms with Gasteiger partial charge in [0.1, 0.15) is 5.75 Å². The van der Waals surface area contributed by atoms with E-state index in [2.05, 4.69) is 17.4 Å². The Morgan fingerprint density at radius 2 is 1.86 bits per heavy atom. The fourth-order valence-electron chi connectivity index (χ4n) is 2.80. The number of anilines is 2. The Bertz CT molecular complexity index is 657. The standard InChI is InChI=1S/C17H18N2O2/c1-21-16-7-6-14(18)10-15(16)19-17(20)13-8-11-4-2-3-5-12(11)9-13/h2-7,10,13H,8-9,18H2,1H3,(H,19,20). The maximum Gasteiger partial charge on any atom is 0.228 e. The molecule has 0 unspecified atom stereocenters. The van der Waals surface area contributed by atoms with Crippen molar-refractivity contribution in [1.82, 2.24) is 0 Å². The highest BCUT2D eigenvalue weighted by Gasteiger charge is 2.27. The van der Waals surface area contributed by atoms with Gasteiger partial charge in [0.05, 0.1) is 12.8 Å². The lowest BCUT2D eigenvalue weighted by molar-refractivity contribution is -0.119. The van der Waals surface area contributed by atoms with Gasteiger partial charge in [0.15, 0.2) is 0 Å². The summed E-state index contributed by atoms with van der Waals surface area (Å²) in [7, 11) is 1.58. The first-order valence-electron chi connectivity index (χ1n) is 6.98. The molecule has 0 radical (unpaired) electrons. The lowest BCUT2D eigenvalue weighted by atomic mass is 10.1. The second-order valence-corrected chi connectivity index (χ2v) is 5.32. The number of hydrogen-bond donors (Lipinski definition) is 2. The minimum Gasteiger partial charge on any atom is -0.495 e. The van der Waals surface area contributed by atoms with Crippen molar-refractivity contribution in [1.29, 1.82) is 0 Å². The molecule has 1 aliphatic rings. The minimum absolute atomic E-state index is 0.00935. The SMILES string of the molecule is COc1ccc(N)cc1NC(=O)C1Cc2ccccc2C1. The van der Waals surface area contributed by atoms with E-state index in [1.54, 1.807) is 25.3 Å². The van der Waals surface area contributed by atoms with Crippen molar-refractivity contribution in [2.45, 2.75) is 12.8 Å². The molecule has 0 bridgehead atoms. The lowest BCUT2D eigenvalue weighted by Gasteiger charge is -2.14. The summed E-state index contributed by atoms with van der Waals surface area (Å²) in [5.74, 6) is 0.594. The maximum atomic E-state index is 12.5. The van der Waals surface area contributed by atoms with Crippen molar-refractivity contribution in [2.75, 3.05) is 18.2 Å². The number of nitrogens with two attached hydrogens (primary N) is 1. The Morgan fingerprint density at radius 1 is 1.19 bits per heavy atom. The first-order valence-corrected chi connectivity index (χ1v) is 6.98. The third-order valence-corrected chi connectivity index (χ3v) is 3.90. The molecule has 0 saturated carbocycles. The first kappa shape index (κ1) is 13.5. The van der Waals surface area contributed by atoms with E-state index in [1.807, 2.05) is 12.1 Å². The van der Waals surface area contributed by atoms with Crippen LogP contribution in [0.15, 0.2) is 42.5 Å². The highest BCUT2D eigenvalue weighted by Crippen LogP contribution is 2.30. The molecule has 3 rings (SSSR count). The number of carbonyl (C=O) groups excluding carboxylic acids is 1. The highest BCUT2D eigenvalue weighted by atomic mass is 16.5. The molecule has 0 atom stereocenters. The summed E-state index contributed by atoms with van der Waals surface area (Å²) in [6, 6.07) is 13.4. The molecule has 108 valence electrons. The number of amides is 1. The van der Waals surface area contributed by atoms with Gasteiger partial charge in [-0.05, 0) is 42.2 Å². The van der Waals surface area contributed by atoms with Crippen LogP contribution in [0, 0.1) is 5.92 Å². The summed E-state index contributed by atoms with van der Waals surface area (Å²) < 4.78 is 5.26. The van der Waals surface area contributed by atoms with E-state index in [9.17, 15) is 4.79 Å². The topological polar surface area (TPSA) is 64.3 Å². The molecular formula is C17H18N2O2.